The van der Waals surface area contributed by atoms with Gasteiger partial charge in [0, 0.05) is 31.0 Å². The summed E-state index contributed by atoms with van der Waals surface area (Å²) in [6, 6.07) is 7.91. The quantitative estimate of drug-likeness (QED) is 0.848. The number of thiazole rings is 1. The van der Waals surface area contributed by atoms with Crippen LogP contribution >= 0.6 is 11.3 Å². The summed E-state index contributed by atoms with van der Waals surface area (Å²) in [5.41, 5.74) is 7.54. The van der Waals surface area contributed by atoms with E-state index < -0.39 is 0 Å². The zero-order valence-electron chi connectivity index (χ0n) is 12.9. The standard InChI is InChI=1S/C17H20N4OS/c18-13-3-1-2-12(7-13)15-8-19-17(23-15)16(22)20-14-6-11-4-5-21(9-11)10-14/h1-3,7-8,11,14H,4-6,9-10,18H2,(H,20,22)/t11-,14+/m1/s1. The van der Waals surface area contributed by atoms with E-state index in [9.17, 15) is 4.79 Å². The van der Waals surface area contributed by atoms with Crippen LogP contribution in [0.3, 0.4) is 0 Å². The van der Waals surface area contributed by atoms with Gasteiger partial charge < -0.3 is 16.0 Å². The lowest BCUT2D eigenvalue weighted by atomic mass is 9.97. The van der Waals surface area contributed by atoms with E-state index in [0.29, 0.717) is 10.7 Å². The van der Waals surface area contributed by atoms with Crippen LogP contribution < -0.4 is 11.1 Å². The number of aromatic nitrogens is 1. The Hall–Kier alpha value is -1.92. The molecule has 2 aliphatic heterocycles. The van der Waals surface area contributed by atoms with Gasteiger partial charge in [-0.3, -0.25) is 4.79 Å². The van der Waals surface area contributed by atoms with Gasteiger partial charge in [0.1, 0.15) is 0 Å². The maximum Gasteiger partial charge on any atom is 0.280 e. The van der Waals surface area contributed by atoms with Crippen LogP contribution in [-0.2, 0) is 0 Å². The summed E-state index contributed by atoms with van der Waals surface area (Å²) >= 11 is 1.42. The fourth-order valence-corrected chi connectivity index (χ4v) is 4.43. The van der Waals surface area contributed by atoms with E-state index in [-0.39, 0.29) is 11.9 Å². The lowest BCUT2D eigenvalue weighted by Gasteiger charge is -2.30. The van der Waals surface area contributed by atoms with Crippen molar-refractivity contribution < 1.29 is 4.79 Å². The lowest BCUT2D eigenvalue weighted by Crippen LogP contribution is -2.46. The highest BCUT2D eigenvalue weighted by atomic mass is 32.1. The van der Waals surface area contributed by atoms with Crippen LogP contribution in [0.25, 0.3) is 10.4 Å². The van der Waals surface area contributed by atoms with Crippen molar-refractivity contribution in [2.24, 2.45) is 5.92 Å². The summed E-state index contributed by atoms with van der Waals surface area (Å²) in [7, 11) is 0. The van der Waals surface area contributed by atoms with E-state index in [1.54, 1.807) is 6.20 Å². The Morgan fingerprint density at radius 3 is 3.13 bits per heavy atom. The number of nitrogens with zero attached hydrogens (tertiary/aromatic N) is 2. The summed E-state index contributed by atoms with van der Waals surface area (Å²) in [4.78, 5) is 20.2. The summed E-state index contributed by atoms with van der Waals surface area (Å²) in [5.74, 6) is 0.686. The minimum absolute atomic E-state index is 0.0577. The van der Waals surface area contributed by atoms with Crippen LogP contribution in [0.15, 0.2) is 30.5 Å². The Morgan fingerprint density at radius 1 is 1.39 bits per heavy atom. The molecule has 1 unspecified atom stereocenters. The molecule has 0 saturated carbocycles. The highest BCUT2D eigenvalue weighted by Gasteiger charge is 2.33. The number of hydrogen-bond acceptors (Lipinski definition) is 5. The van der Waals surface area contributed by atoms with E-state index >= 15 is 0 Å². The normalized spacial score (nSPS) is 26.2. The summed E-state index contributed by atoms with van der Waals surface area (Å²) < 4.78 is 0. The third-order valence-corrected chi connectivity index (χ3v) is 5.72. The van der Waals surface area contributed by atoms with Crippen molar-refractivity contribution >= 4 is 22.9 Å². The smallest absolute Gasteiger partial charge is 0.280 e. The molecule has 6 heteroatoms. The number of anilines is 1. The third-order valence-electron chi connectivity index (χ3n) is 4.67. The van der Waals surface area contributed by atoms with Crippen LogP contribution in [0.5, 0.6) is 0 Å². The first-order valence-corrected chi connectivity index (χ1v) is 8.84. The molecule has 3 atom stereocenters. The van der Waals surface area contributed by atoms with Crippen molar-refractivity contribution in [2.45, 2.75) is 18.9 Å². The number of benzene rings is 1. The summed E-state index contributed by atoms with van der Waals surface area (Å²) in [6.45, 7) is 3.34. The predicted molar refractivity (Wildman–Crippen MR) is 92.4 cm³/mol. The number of nitrogens with one attached hydrogen (secondary N) is 1. The van der Waals surface area contributed by atoms with Crippen LogP contribution in [0.1, 0.15) is 22.6 Å². The van der Waals surface area contributed by atoms with Crippen molar-refractivity contribution in [2.75, 3.05) is 25.4 Å². The molecule has 5 nitrogen and oxygen atoms in total. The van der Waals surface area contributed by atoms with Crippen molar-refractivity contribution in [3.05, 3.63) is 35.5 Å². The number of hydrogen-bond donors (Lipinski definition) is 2. The minimum Gasteiger partial charge on any atom is -0.399 e. The zero-order chi connectivity index (χ0) is 15.8. The summed E-state index contributed by atoms with van der Waals surface area (Å²) in [6.07, 6.45) is 4.11. The average molecular weight is 328 g/mol. The fraction of sp³-hybridized carbons (Fsp3) is 0.412. The molecule has 2 saturated heterocycles. The molecule has 1 aromatic heterocycles. The number of rotatable bonds is 3. The van der Waals surface area contributed by atoms with Crippen LogP contribution in [-0.4, -0.2) is 41.5 Å². The fourth-order valence-electron chi connectivity index (χ4n) is 3.62. The first-order valence-electron chi connectivity index (χ1n) is 8.02. The van der Waals surface area contributed by atoms with Gasteiger partial charge in [-0.2, -0.15) is 0 Å². The van der Waals surface area contributed by atoms with Gasteiger partial charge in [-0.25, -0.2) is 4.98 Å². The number of nitrogen functional groups attached to an aromatic ring is 1. The Bertz CT molecular complexity index is 717. The number of amides is 1. The number of carbonyl (C=O) groups is 1. The number of fused-ring (bicyclic) bond motifs is 2. The average Bonchev–Trinajstić information content (AvgIpc) is 3.14. The van der Waals surface area contributed by atoms with Crippen LogP contribution in [0, 0.1) is 5.92 Å². The molecule has 0 spiro atoms. The van der Waals surface area contributed by atoms with Crippen molar-refractivity contribution in [3.63, 3.8) is 0 Å². The SMILES string of the molecule is Nc1cccc(-c2cnc(C(=O)N[C@H]3C[C@H]4CCN(C4)C3)s2)c1. The molecule has 3 N–H and O–H groups in total. The second-order valence-electron chi connectivity index (χ2n) is 6.48. The van der Waals surface area contributed by atoms with Gasteiger partial charge >= 0.3 is 0 Å². The molecule has 23 heavy (non-hydrogen) atoms. The van der Waals surface area contributed by atoms with Gasteiger partial charge in [0.2, 0.25) is 0 Å². The first-order chi connectivity index (χ1) is 11.2. The maximum absolute atomic E-state index is 12.5. The molecule has 2 fully saturated rings. The number of nitrogens with two attached hydrogens (primary N) is 1. The van der Waals surface area contributed by atoms with Crippen molar-refractivity contribution in [1.82, 2.24) is 15.2 Å². The van der Waals surface area contributed by atoms with E-state index in [2.05, 4.69) is 15.2 Å². The Balaban J connectivity index is 1.45. The van der Waals surface area contributed by atoms with E-state index in [1.807, 2.05) is 24.3 Å². The molecule has 2 bridgehead atoms. The molecule has 2 aliphatic rings. The molecule has 2 aromatic rings. The molecule has 1 aromatic carbocycles. The molecule has 1 amide bonds. The molecule has 3 heterocycles. The Kier molecular flexibility index (Phi) is 3.79. The topological polar surface area (TPSA) is 71.2 Å². The molecule has 0 aliphatic carbocycles. The van der Waals surface area contributed by atoms with Gasteiger partial charge in [-0.05, 0) is 43.0 Å². The molecule has 120 valence electrons. The lowest BCUT2D eigenvalue weighted by molar-refractivity contribution is 0.0909. The Morgan fingerprint density at radius 2 is 2.30 bits per heavy atom. The van der Waals surface area contributed by atoms with Gasteiger partial charge in [-0.15, -0.1) is 11.3 Å². The molecular weight excluding hydrogens is 308 g/mol. The summed E-state index contributed by atoms with van der Waals surface area (Å²) in [5, 5.41) is 3.68. The van der Waals surface area contributed by atoms with E-state index in [1.165, 1.54) is 30.8 Å². The third kappa shape index (κ3) is 3.09. The largest absolute Gasteiger partial charge is 0.399 e. The van der Waals surface area contributed by atoms with E-state index in [4.69, 9.17) is 5.73 Å². The highest BCUT2D eigenvalue weighted by molar-refractivity contribution is 7.17. The van der Waals surface area contributed by atoms with Gasteiger partial charge in [0.25, 0.3) is 5.91 Å². The van der Waals surface area contributed by atoms with E-state index in [0.717, 1.165) is 29.3 Å². The molecule has 0 radical (unpaired) electrons. The Labute approximate surface area is 139 Å². The predicted octanol–water partition coefficient (Wildman–Crippen LogP) is 2.22. The van der Waals surface area contributed by atoms with Crippen molar-refractivity contribution in [1.29, 1.82) is 0 Å². The van der Waals surface area contributed by atoms with Gasteiger partial charge in [0.15, 0.2) is 5.01 Å². The second kappa shape index (κ2) is 5.94. The highest BCUT2D eigenvalue weighted by Crippen LogP contribution is 2.29. The first kappa shape index (κ1) is 14.7. The number of piperidine rings is 1. The van der Waals surface area contributed by atoms with Crippen molar-refractivity contribution in [3.8, 4) is 10.4 Å². The van der Waals surface area contributed by atoms with Crippen LogP contribution in [0.2, 0.25) is 0 Å². The monoisotopic (exact) mass is 328 g/mol. The maximum atomic E-state index is 12.5. The molecular formula is C17H20N4OS. The van der Waals surface area contributed by atoms with Crippen LogP contribution in [0.4, 0.5) is 5.69 Å². The molecule has 4 rings (SSSR count). The van der Waals surface area contributed by atoms with Gasteiger partial charge in [0.05, 0.1) is 4.88 Å². The zero-order valence-corrected chi connectivity index (χ0v) is 13.7. The number of carbonyl (C=O) groups excluding carboxylic acids is 1. The second-order valence-corrected chi connectivity index (χ2v) is 7.51. The minimum atomic E-state index is -0.0577. The van der Waals surface area contributed by atoms with Gasteiger partial charge in [-0.1, -0.05) is 12.1 Å².